The molecule has 8 nitrogen and oxygen atoms in total. The highest BCUT2D eigenvalue weighted by molar-refractivity contribution is 5.68. The number of fused-ring (bicyclic) bond motifs is 1. The molecule has 18 heavy (non-hydrogen) atoms. The smallest absolute Gasteiger partial charge is 0.327 e. The molecule has 3 heterocycles. The van der Waals surface area contributed by atoms with Gasteiger partial charge in [0.15, 0.2) is 11.2 Å². The average Bonchev–Trinajstić information content (AvgIpc) is 2.39. The molecule has 3 rings (SSSR count). The Bertz CT molecular complexity index is 685. The van der Waals surface area contributed by atoms with Crippen LogP contribution in [0.1, 0.15) is 19.3 Å². The lowest BCUT2D eigenvalue weighted by Crippen LogP contribution is -2.32. The van der Waals surface area contributed by atoms with Crippen molar-refractivity contribution in [3.63, 3.8) is 0 Å². The molecule has 0 saturated carbocycles. The fraction of sp³-hybridized carbons (Fsp3) is 0.500. The summed E-state index contributed by atoms with van der Waals surface area (Å²) in [4.78, 5) is 33.4. The molecule has 2 N–H and O–H groups in total. The minimum atomic E-state index is -0.586. The van der Waals surface area contributed by atoms with Gasteiger partial charge in [0.2, 0.25) is 5.95 Å². The predicted molar refractivity (Wildman–Crippen MR) is 64.6 cm³/mol. The lowest BCUT2D eigenvalue weighted by atomic mass is 10.1. The van der Waals surface area contributed by atoms with E-state index in [4.69, 9.17) is 0 Å². The van der Waals surface area contributed by atoms with Gasteiger partial charge in [-0.2, -0.15) is 4.98 Å². The maximum atomic E-state index is 11.5. The summed E-state index contributed by atoms with van der Waals surface area (Å²) in [6, 6.07) is 0. The molecule has 1 aliphatic heterocycles. The number of nitrogens with one attached hydrogen (secondary N) is 2. The van der Waals surface area contributed by atoms with Crippen molar-refractivity contribution in [2.24, 2.45) is 0 Å². The van der Waals surface area contributed by atoms with Crippen LogP contribution in [0, 0.1) is 0 Å². The Morgan fingerprint density at radius 1 is 1.00 bits per heavy atom. The number of aromatic nitrogens is 5. The van der Waals surface area contributed by atoms with E-state index in [0.717, 1.165) is 25.9 Å². The number of nitrogens with zero attached hydrogens (tertiary/aromatic N) is 4. The van der Waals surface area contributed by atoms with E-state index >= 15 is 0 Å². The fourth-order valence-corrected chi connectivity index (χ4v) is 2.09. The Balaban J connectivity index is 2.10. The van der Waals surface area contributed by atoms with Crippen LogP contribution in [0.5, 0.6) is 0 Å². The van der Waals surface area contributed by atoms with Crippen LogP contribution in [0.4, 0.5) is 5.95 Å². The Hall–Kier alpha value is -2.25. The van der Waals surface area contributed by atoms with Crippen molar-refractivity contribution < 1.29 is 0 Å². The topological polar surface area (TPSA) is 108 Å². The summed E-state index contributed by atoms with van der Waals surface area (Å²) in [5, 5.41) is 7.77. The van der Waals surface area contributed by atoms with E-state index in [-0.39, 0.29) is 11.2 Å². The minimum Gasteiger partial charge on any atom is -0.339 e. The Morgan fingerprint density at radius 3 is 2.56 bits per heavy atom. The highest BCUT2D eigenvalue weighted by atomic mass is 16.2. The summed E-state index contributed by atoms with van der Waals surface area (Å²) in [6.07, 6.45) is 3.38. The van der Waals surface area contributed by atoms with Crippen molar-refractivity contribution >= 4 is 17.1 Å². The number of hydrogen-bond donors (Lipinski definition) is 2. The van der Waals surface area contributed by atoms with Gasteiger partial charge < -0.3 is 4.90 Å². The standard InChI is InChI=1S/C10H12N6O2/c17-8-6-7(12-10(18)13-8)11-9(15-14-6)16-4-2-1-3-5-16/h1-5H2,(H2,11,12,13,15,17,18). The molecule has 0 bridgehead atoms. The van der Waals surface area contributed by atoms with Crippen LogP contribution in [-0.4, -0.2) is 38.2 Å². The largest absolute Gasteiger partial charge is 0.339 e. The maximum absolute atomic E-state index is 11.5. The van der Waals surface area contributed by atoms with Gasteiger partial charge in [0.1, 0.15) is 0 Å². The molecule has 0 atom stereocenters. The van der Waals surface area contributed by atoms with E-state index in [1.54, 1.807) is 0 Å². The third-order valence-corrected chi connectivity index (χ3v) is 2.99. The van der Waals surface area contributed by atoms with Gasteiger partial charge in [0.05, 0.1) is 0 Å². The number of hydrogen-bond acceptors (Lipinski definition) is 6. The first kappa shape index (κ1) is 10.9. The first-order chi connectivity index (χ1) is 8.74. The zero-order valence-electron chi connectivity index (χ0n) is 9.64. The van der Waals surface area contributed by atoms with Gasteiger partial charge in [-0.15, -0.1) is 10.2 Å². The second-order valence-corrected chi connectivity index (χ2v) is 4.26. The van der Waals surface area contributed by atoms with Crippen molar-refractivity contribution in [3.05, 3.63) is 20.8 Å². The quantitative estimate of drug-likeness (QED) is 0.697. The van der Waals surface area contributed by atoms with E-state index < -0.39 is 11.2 Å². The van der Waals surface area contributed by atoms with Crippen LogP contribution in [0.15, 0.2) is 9.59 Å². The summed E-state index contributed by atoms with van der Waals surface area (Å²) in [5.41, 5.74) is -0.925. The Morgan fingerprint density at radius 2 is 1.78 bits per heavy atom. The molecule has 1 aliphatic rings. The SMILES string of the molecule is O=c1[nH]c(=O)c2nnc(N3CCCCC3)nc2[nH]1. The lowest BCUT2D eigenvalue weighted by molar-refractivity contribution is 0.566. The molecule has 0 aliphatic carbocycles. The van der Waals surface area contributed by atoms with E-state index in [2.05, 4.69) is 25.1 Å². The molecule has 94 valence electrons. The Kier molecular flexibility index (Phi) is 2.54. The molecule has 0 aromatic carbocycles. The minimum absolute atomic E-state index is 0.0513. The monoisotopic (exact) mass is 248 g/mol. The predicted octanol–water partition coefficient (Wildman–Crippen LogP) is -0.608. The lowest BCUT2D eigenvalue weighted by Gasteiger charge is -2.25. The van der Waals surface area contributed by atoms with Gasteiger partial charge in [-0.25, -0.2) is 4.79 Å². The highest BCUT2D eigenvalue weighted by Gasteiger charge is 2.15. The third kappa shape index (κ3) is 1.85. The molecule has 1 fully saturated rings. The summed E-state index contributed by atoms with van der Waals surface area (Å²) in [5.74, 6) is 0.462. The van der Waals surface area contributed by atoms with Crippen LogP contribution in [0.3, 0.4) is 0 Å². The summed E-state index contributed by atoms with van der Waals surface area (Å²) in [7, 11) is 0. The second kappa shape index (κ2) is 4.21. The van der Waals surface area contributed by atoms with Gasteiger partial charge in [-0.3, -0.25) is 14.8 Å². The molecule has 1 saturated heterocycles. The van der Waals surface area contributed by atoms with Gasteiger partial charge in [0, 0.05) is 13.1 Å². The van der Waals surface area contributed by atoms with E-state index in [0.29, 0.717) is 5.95 Å². The van der Waals surface area contributed by atoms with E-state index in [1.807, 2.05) is 4.90 Å². The first-order valence-electron chi connectivity index (χ1n) is 5.86. The molecule has 2 aromatic heterocycles. The van der Waals surface area contributed by atoms with Crippen LogP contribution in [0.25, 0.3) is 11.2 Å². The number of aromatic amines is 2. The highest BCUT2D eigenvalue weighted by Crippen LogP contribution is 2.14. The molecule has 0 unspecified atom stereocenters. The molecule has 8 heteroatoms. The Labute approximate surface area is 101 Å². The first-order valence-corrected chi connectivity index (χ1v) is 5.86. The fourth-order valence-electron chi connectivity index (χ4n) is 2.09. The average molecular weight is 248 g/mol. The van der Waals surface area contributed by atoms with Crippen LogP contribution in [-0.2, 0) is 0 Å². The van der Waals surface area contributed by atoms with Crippen molar-refractivity contribution in [2.75, 3.05) is 18.0 Å². The van der Waals surface area contributed by atoms with Crippen molar-refractivity contribution in [1.82, 2.24) is 25.1 Å². The number of piperidine rings is 1. The second-order valence-electron chi connectivity index (χ2n) is 4.26. The van der Waals surface area contributed by atoms with Crippen molar-refractivity contribution in [2.45, 2.75) is 19.3 Å². The maximum Gasteiger partial charge on any atom is 0.327 e. The van der Waals surface area contributed by atoms with Crippen LogP contribution in [0.2, 0.25) is 0 Å². The number of anilines is 1. The third-order valence-electron chi connectivity index (χ3n) is 2.99. The number of H-pyrrole nitrogens is 2. The summed E-state index contributed by atoms with van der Waals surface area (Å²) in [6.45, 7) is 1.75. The summed E-state index contributed by atoms with van der Waals surface area (Å²) >= 11 is 0. The van der Waals surface area contributed by atoms with E-state index in [9.17, 15) is 9.59 Å². The zero-order valence-corrected chi connectivity index (χ0v) is 9.64. The molecule has 0 amide bonds. The molecular weight excluding hydrogens is 236 g/mol. The normalized spacial score (nSPS) is 16.1. The molecule has 0 radical (unpaired) electrons. The van der Waals surface area contributed by atoms with Gasteiger partial charge in [-0.1, -0.05) is 0 Å². The van der Waals surface area contributed by atoms with Crippen molar-refractivity contribution in [1.29, 1.82) is 0 Å². The van der Waals surface area contributed by atoms with Crippen molar-refractivity contribution in [3.8, 4) is 0 Å². The van der Waals surface area contributed by atoms with Gasteiger partial charge in [0.25, 0.3) is 5.56 Å². The van der Waals surface area contributed by atoms with E-state index in [1.165, 1.54) is 6.42 Å². The van der Waals surface area contributed by atoms with Gasteiger partial charge >= 0.3 is 5.69 Å². The van der Waals surface area contributed by atoms with Crippen LogP contribution < -0.4 is 16.1 Å². The molecule has 0 spiro atoms. The number of rotatable bonds is 1. The van der Waals surface area contributed by atoms with Gasteiger partial charge in [-0.05, 0) is 19.3 Å². The van der Waals surface area contributed by atoms with Crippen LogP contribution >= 0.6 is 0 Å². The summed E-state index contributed by atoms with van der Waals surface area (Å²) < 4.78 is 0. The molecule has 2 aromatic rings. The molecular formula is C10H12N6O2. The zero-order chi connectivity index (χ0) is 12.5.